The zero-order valence-corrected chi connectivity index (χ0v) is 13.0. The SMILES string of the molecule is COc1ccc2c(c1)C(=O)c1sc(-c3ccccc3)nc1C2=O. The van der Waals surface area contributed by atoms with Crippen molar-refractivity contribution in [3.8, 4) is 16.3 Å². The lowest BCUT2D eigenvalue weighted by atomic mass is 9.91. The van der Waals surface area contributed by atoms with Gasteiger partial charge in [0.05, 0.1) is 7.11 Å². The summed E-state index contributed by atoms with van der Waals surface area (Å²) in [4.78, 5) is 30.2. The van der Waals surface area contributed by atoms with Gasteiger partial charge in [-0.05, 0) is 18.2 Å². The number of benzene rings is 2. The number of fused-ring (bicyclic) bond motifs is 2. The van der Waals surface area contributed by atoms with E-state index in [1.165, 1.54) is 18.4 Å². The number of carbonyl (C=O) groups excluding carboxylic acids is 2. The molecule has 1 aromatic heterocycles. The summed E-state index contributed by atoms with van der Waals surface area (Å²) in [5.74, 6) is 0.171. The number of nitrogens with zero attached hydrogens (tertiary/aromatic N) is 1. The third kappa shape index (κ3) is 2.09. The Kier molecular flexibility index (Phi) is 3.09. The standard InChI is InChI=1S/C18H11NO3S/c1-22-11-7-8-12-13(9-11)16(21)17-14(15(12)20)19-18(23-17)10-5-3-2-4-6-10/h2-9H,1H3. The van der Waals surface area contributed by atoms with Gasteiger partial charge in [0.15, 0.2) is 0 Å². The molecule has 0 atom stereocenters. The average molecular weight is 321 g/mol. The summed E-state index contributed by atoms with van der Waals surface area (Å²) in [5.41, 5.74) is 1.91. The molecule has 1 aliphatic carbocycles. The minimum absolute atomic E-state index is 0.173. The van der Waals surface area contributed by atoms with Crippen LogP contribution in [0.5, 0.6) is 5.75 Å². The molecule has 4 rings (SSSR count). The third-order valence-electron chi connectivity index (χ3n) is 3.79. The van der Waals surface area contributed by atoms with Gasteiger partial charge in [-0.25, -0.2) is 4.98 Å². The van der Waals surface area contributed by atoms with Crippen LogP contribution in [0, 0.1) is 0 Å². The Balaban J connectivity index is 1.88. The molecule has 1 heterocycles. The lowest BCUT2D eigenvalue weighted by Crippen LogP contribution is -2.19. The quantitative estimate of drug-likeness (QED) is 0.566. The van der Waals surface area contributed by atoms with E-state index in [0.717, 1.165) is 5.56 Å². The van der Waals surface area contributed by atoms with Crippen molar-refractivity contribution in [2.75, 3.05) is 7.11 Å². The minimum Gasteiger partial charge on any atom is -0.497 e. The van der Waals surface area contributed by atoms with Crippen LogP contribution in [0.4, 0.5) is 0 Å². The van der Waals surface area contributed by atoms with E-state index in [0.29, 0.717) is 26.8 Å². The molecule has 2 aromatic carbocycles. The predicted octanol–water partition coefficient (Wildman–Crippen LogP) is 3.59. The second-order valence-corrected chi connectivity index (χ2v) is 6.13. The van der Waals surface area contributed by atoms with E-state index in [9.17, 15) is 9.59 Å². The molecule has 0 aliphatic heterocycles. The summed E-state index contributed by atoms with van der Waals surface area (Å²) >= 11 is 1.26. The van der Waals surface area contributed by atoms with E-state index in [2.05, 4.69) is 4.98 Å². The van der Waals surface area contributed by atoms with E-state index in [1.807, 2.05) is 30.3 Å². The summed E-state index contributed by atoms with van der Waals surface area (Å²) in [6.07, 6.45) is 0. The molecule has 0 N–H and O–H groups in total. The van der Waals surface area contributed by atoms with Gasteiger partial charge < -0.3 is 4.74 Å². The maximum absolute atomic E-state index is 12.7. The first kappa shape index (κ1) is 13.8. The van der Waals surface area contributed by atoms with Crippen LogP contribution in [0.15, 0.2) is 48.5 Å². The maximum Gasteiger partial charge on any atom is 0.213 e. The number of ether oxygens (including phenoxy) is 1. The molecular formula is C18H11NO3S. The van der Waals surface area contributed by atoms with Gasteiger partial charge in [0.25, 0.3) is 0 Å². The number of rotatable bonds is 2. The van der Waals surface area contributed by atoms with Gasteiger partial charge in [-0.3, -0.25) is 9.59 Å². The van der Waals surface area contributed by atoms with Gasteiger partial charge in [0.2, 0.25) is 11.6 Å². The smallest absolute Gasteiger partial charge is 0.213 e. The fraction of sp³-hybridized carbons (Fsp3) is 0.0556. The van der Waals surface area contributed by atoms with Crippen molar-refractivity contribution >= 4 is 22.9 Å². The Hall–Kier alpha value is -2.79. The monoisotopic (exact) mass is 321 g/mol. The molecule has 1 aliphatic rings. The largest absolute Gasteiger partial charge is 0.497 e. The van der Waals surface area contributed by atoms with Crippen LogP contribution in [-0.4, -0.2) is 23.7 Å². The Bertz CT molecular complexity index is 944. The van der Waals surface area contributed by atoms with Crippen molar-refractivity contribution in [2.24, 2.45) is 0 Å². The Morgan fingerprint density at radius 3 is 2.48 bits per heavy atom. The highest BCUT2D eigenvalue weighted by Gasteiger charge is 2.34. The van der Waals surface area contributed by atoms with E-state index in [4.69, 9.17) is 4.74 Å². The second kappa shape index (κ2) is 5.14. The Morgan fingerprint density at radius 2 is 1.74 bits per heavy atom. The number of hydrogen-bond donors (Lipinski definition) is 0. The van der Waals surface area contributed by atoms with Crippen LogP contribution in [-0.2, 0) is 0 Å². The lowest BCUT2D eigenvalue weighted by Gasteiger charge is -2.13. The van der Waals surface area contributed by atoms with E-state index >= 15 is 0 Å². The summed E-state index contributed by atoms with van der Waals surface area (Å²) in [5, 5.41) is 0.678. The molecule has 0 amide bonds. The average Bonchev–Trinajstić information content (AvgIpc) is 3.06. The highest BCUT2D eigenvalue weighted by molar-refractivity contribution is 7.17. The number of methoxy groups -OCH3 is 1. The van der Waals surface area contributed by atoms with E-state index in [-0.39, 0.29) is 17.3 Å². The molecule has 112 valence electrons. The number of carbonyl (C=O) groups is 2. The van der Waals surface area contributed by atoms with E-state index in [1.54, 1.807) is 18.2 Å². The molecule has 0 spiro atoms. The molecule has 0 radical (unpaired) electrons. The van der Waals surface area contributed by atoms with Crippen LogP contribution in [0.2, 0.25) is 0 Å². The van der Waals surface area contributed by atoms with Crippen LogP contribution in [0.3, 0.4) is 0 Å². The van der Waals surface area contributed by atoms with E-state index < -0.39 is 0 Å². The third-order valence-corrected chi connectivity index (χ3v) is 4.89. The first-order valence-corrected chi connectivity index (χ1v) is 7.84. The molecule has 5 heteroatoms. The van der Waals surface area contributed by atoms with Crippen LogP contribution in [0.25, 0.3) is 10.6 Å². The minimum atomic E-state index is -0.212. The van der Waals surface area contributed by atoms with Crippen molar-refractivity contribution in [3.63, 3.8) is 0 Å². The summed E-state index contributed by atoms with van der Waals surface area (Å²) in [7, 11) is 1.53. The van der Waals surface area contributed by atoms with Crippen molar-refractivity contribution in [1.82, 2.24) is 4.98 Å². The van der Waals surface area contributed by atoms with Gasteiger partial charge in [-0.1, -0.05) is 30.3 Å². The Labute approximate surface area is 136 Å². The van der Waals surface area contributed by atoms with Crippen molar-refractivity contribution < 1.29 is 14.3 Å². The normalized spacial score (nSPS) is 12.7. The van der Waals surface area contributed by atoms with Gasteiger partial charge in [0.1, 0.15) is 21.3 Å². The van der Waals surface area contributed by atoms with Crippen LogP contribution < -0.4 is 4.74 Å². The number of aromatic nitrogens is 1. The molecule has 0 bridgehead atoms. The molecule has 23 heavy (non-hydrogen) atoms. The van der Waals surface area contributed by atoms with Gasteiger partial charge >= 0.3 is 0 Å². The molecule has 0 saturated carbocycles. The molecule has 4 nitrogen and oxygen atoms in total. The van der Waals surface area contributed by atoms with Gasteiger partial charge in [0, 0.05) is 16.7 Å². The second-order valence-electron chi connectivity index (χ2n) is 5.13. The molecule has 0 saturated heterocycles. The van der Waals surface area contributed by atoms with Crippen LogP contribution in [0.1, 0.15) is 31.3 Å². The zero-order valence-electron chi connectivity index (χ0n) is 12.2. The maximum atomic E-state index is 12.7. The predicted molar refractivity (Wildman–Crippen MR) is 87.4 cm³/mol. The highest BCUT2D eigenvalue weighted by atomic mass is 32.1. The zero-order chi connectivity index (χ0) is 16.0. The molecular weight excluding hydrogens is 310 g/mol. The fourth-order valence-corrected chi connectivity index (χ4v) is 3.64. The Morgan fingerprint density at radius 1 is 0.957 bits per heavy atom. The first-order chi connectivity index (χ1) is 11.2. The molecule has 0 fully saturated rings. The number of hydrogen-bond acceptors (Lipinski definition) is 5. The fourth-order valence-electron chi connectivity index (χ4n) is 2.62. The van der Waals surface area contributed by atoms with Gasteiger partial charge in [-0.15, -0.1) is 11.3 Å². The topological polar surface area (TPSA) is 56.3 Å². The van der Waals surface area contributed by atoms with Crippen molar-refractivity contribution in [2.45, 2.75) is 0 Å². The van der Waals surface area contributed by atoms with Gasteiger partial charge in [-0.2, -0.15) is 0 Å². The summed E-state index contributed by atoms with van der Waals surface area (Å²) < 4.78 is 5.15. The summed E-state index contributed by atoms with van der Waals surface area (Å²) in [6.45, 7) is 0. The molecule has 0 unspecified atom stereocenters. The summed E-state index contributed by atoms with van der Waals surface area (Å²) in [6, 6.07) is 14.5. The van der Waals surface area contributed by atoms with Crippen molar-refractivity contribution in [1.29, 1.82) is 0 Å². The lowest BCUT2D eigenvalue weighted by molar-refractivity contribution is 0.0979. The number of ketones is 2. The van der Waals surface area contributed by atoms with Crippen molar-refractivity contribution in [3.05, 3.63) is 70.2 Å². The molecule has 3 aromatic rings. The van der Waals surface area contributed by atoms with Crippen LogP contribution >= 0.6 is 11.3 Å². The first-order valence-electron chi connectivity index (χ1n) is 7.02. The highest BCUT2D eigenvalue weighted by Crippen LogP contribution is 2.36. The number of thiazole rings is 1.